The normalized spacial score (nSPS) is 17.1. The van der Waals surface area contributed by atoms with Crippen LogP contribution in [0.3, 0.4) is 0 Å². The van der Waals surface area contributed by atoms with Crippen LogP contribution in [-0.2, 0) is 47.4 Å². The molecule has 2 amide bonds. The smallest absolute Gasteiger partial charge is 0.291 e. The quantitative estimate of drug-likeness (QED) is 0.193. The van der Waals surface area contributed by atoms with Gasteiger partial charge in [-0.15, -0.1) is 0 Å². The van der Waals surface area contributed by atoms with Crippen LogP contribution in [0.5, 0.6) is 0 Å². The SMILES string of the molecule is COCc1cc(C(=O)Nc2cccc(-c3cccc(NC(=O)c4nc5c(n4C)CCN(C)C5)c3Cl)c2C)ncc1CN1CC(F)(CO)C=COC1=C=O. The van der Waals surface area contributed by atoms with Gasteiger partial charge in [-0.2, -0.15) is 0 Å². The van der Waals surface area contributed by atoms with E-state index in [9.17, 15) is 19.5 Å². The van der Waals surface area contributed by atoms with Gasteiger partial charge < -0.3 is 39.6 Å². The standard InChI is InChI=1S/C38H39ClFN7O6/c1-23-26(27-8-6-10-29(34(27)39)44-37(51)35-42-31-18-45(2)13-11-32(31)46(35)3)7-5-9-28(23)43-36(50)30-15-24(20-52-4)25(16-41-30)17-47-21-38(40,22-49)12-14-53-33(47)19-48/h5-10,12,14-16,49H,11,13,17-18,20-22H2,1-4H3,(H,43,50)(H,44,51). The van der Waals surface area contributed by atoms with Crippen molar-refractivity contribution in [1.82, 2.24) is 24.3 Å². The number of pyridine rings is 1. The number of aliphatic hydroxyl groups excluding tert-OH is 1. The number of imidazole rings is 1. The summed E-state index contributed by atoms with van der Waals surface area (Å²) in [4.78, 5) is 51.0. The highest BCUT2D eigenvalue weighted by Crippen LogP contribution is 2.38. The number of hydrogen-bond donors (Lipinski definition) is 3. The highest BCUT2D eigenvalue weighted by molar-refractivity contribution is 6.36. The van der Waals surface area contributed by atoms with Crippen LogP contribution in [0.15, 0.2) is 66.9 Å². The van der Waals surface area contributed by atoms with E-state index >= 15 is 4.39 Å². The first-order valence-corrected chi connectivity index (χ1v) is 17.2. The lowest BCUT2D eigenvalue weighted by molar-refractivity contribution is 0.0712. The van der Waals surface area contributed by atoms with Gasteiger partial charge in [0.05, 0.1) is 42.4 Å². The fraction of sp³-hybridized carbons (Fsp3) is 0.316. The minimum Gasteiger partial charge on any atom is -0.440 e. The Balaban J connectivity index is 1.21. The van der Waals surface area contributed by atoms with Crippen LogP contribution in [0, 0.1) is 6.92 Å². The minimum atomic E-state index is -2.16. The Hall–Kier alpha value is -5.37. The number of benzene rings is 2. The first kappa shape index (κ1) is 37.4. The Kier molecular flexibility index (Phi) is 11.1. The van der Waals surface area contributed by atoms with E-state index in [1.165, 1.54) is 18.2 Å². The molecule has 2 aliphatic heterocycles. The van der Waals surface area contributed by atoms with Crippen molar-refractivity contribution >= 4 is 40.7 Å². The molecule has 0 fully saturated rings. The summed E-state index contributed by atoms with van der Waals surface area (Å²) < 4.78 is 27.5. The molecule has 0 saturated carbocycles. The molecule has 2 aliphatic rings. The number of aliphatic hydroxyl groups is 1. The van der Waals surface area contributed by atoms with Gasteiger partial charge in [-0.3, -0.25) is 14.6 Å². The van der Waals surface area contributed by atoms with Gasteiger partial charge in [0, 0.05) is 63.4 Å². The highest BCUT2D eigenvalue weighted by atomic mass is 35.5. The summed E-state index contributed by atoms with van der Waals surface area (Å²) >= 11 is 6.92. The molecule has 0 aliphatic carbocycles. The molecule has 2 aromatic heterocycles. The maximum absolute atomic E-state index is 15.1. The average Bonchev–Trinajstić information content (AvgIpc) is 3.37. The Morgan fingerprint density at radius 3 is 2.58 bits per heavy atom. The van der Waals surface area contributed by atoms with Crippen LogP contribution in [0.25, 0.3) is 11.1 Å². The molecule has 3 N–H and O–H groups in total. The topological polar surface area (TPSA) is 151 Å². The van der Waals surface area contributed by atoms with E-state index in [0.29, 0.717) is 45.5 Å². The molecule has 0 bridgehead atoms. The van der Waals surface area contributed by atoms with Crippen molar-refractivity contribution in [2.24, 2.45) is 7.05 Å². The van der Waals surface area contributed by atoms with E-state index in [2.05, 4.69) is 25.5 Å². The molecule has 53 heavy (non-hydrogen) atoms. The van der Waals surface area contributed by atoms with Crippen LogP contribution in [0.4, 0.5) is 15.8 Å². The zero-order valence-electron chi connectivity index (χ0n) is 29.7. The van der Waals surface area contributed by atoms with E-state index < -0.39 is 18.2 Å². The van der Waals surface area contributed by atoms with Gasteiger partial charge in [-0.05, 0) is 60.5 Å². The van der Waals surface area contributed by atoms with Gasteiger partial charge in [0.1, 0.15) is 5.69 Å². The number of alkyl halides is 1. The molecule has 4 aromatic rings. The molecule has 15 heteroatoms. The number of likely N-dealkylation sites (N-methyl/N-ethyl adjacent to an activating group) is 1. The maximum atomic E-state index is 15.1. The minimum absolute atomic E-state index is 0.0334. The number of nitrogens with zero attached hydrogens (tertiary/aromatic N) is 5. The van der Waals surface area contributed by atoms with Gasteiger partial charge in [-0.25, -0.2) is 14.2 Å². The van der Waals surface area contributed by atoms with Crippen molar-refractivity contribution in [2.45, 2.75) is 38.7 Å². The number of anilines is 2. The second-order valence-corrected chi connectivity index (χ2v) is 13.5. The molecular formula is C38H39ClFN7O6. The Morgan fingerprint density at radius 1 is 1.11 bits per heavy atom. The molecule has 1 atom stereocenters. The third-order valence-corrected chi connectivity index (χ3v) is 9.79. The molecular weight excluding hydrogens is 705 g/mol. The number of halogens is 2. The van der Waals surface area contributed by atoms with Gasteiger partial charge >= 0.3 is 0 Å². The summed E-state index contributed by atoms with van der Waals surface area (Å²) in [6, 6.07) is 12.3. The van der Waals surface area contributed by atoms with Gasteiger partial charge in [0.2, 0.25) is 0 Å². The number of methoxy groups -OCH3 is 1. The molecule has 0 spiro atoms. The van der Waals surface area contributed by atoms with Crippen molar-refractivity contribution in [3.63, 3.8) is 0 Å². The zero-order valence-corrected chi connectivity index (χ0v) is 30.5. The maximum Gasteiger partial charge on any atom is 0.291 e. The number of rotatable bonds is 10. The zero-order chi connectivity index (χ0) is 37.9. The Morgan fingerprint density at radius 2 is 1.85 bits per heavy atom. The van der Waals surface area contributed by atoms with Crippen molar-refractivity contribution in [1.29, 1.82) is 0 Å². The summed E-state index contributed by atoms with van der Waals surface area (Å²) in [6.45, 7) is 2.28. The van der Waals surface area contributed by atoms with Crippen LogP contribution in [0.1, 0.15) is 49.2 Å². The number of fused-ring (bicyclic) bond motifs is 1. The second kappa shape index (κ2) is 15.7. The van der Waals surface area contributed by atoms with E-state index in [4.69, 9.17) is 21.1 Å². The number of nitrogens with one attached hydrogen (secondary N) is 2. The second-order valence-electron chi connectivity index (χ2n) is 13.1. The fourth-order valence-electron chi connectivity index (χ4n) is 6.47. The third kappa shape index (κ3) is 7.87. The van der Waals surface area contributed by atoms with Crippen LogP contribution < -0.4 is 10.6 Å². The van der Waals surface area contributed by atoms with E-state index in [0.717, 1.165) is 47.8 Å². The number of ether oxygens (including phenoxy) is 2. The molecule has 2 aromatic carbocycles. The first-order valence-electron chi connectivity index (χ1n) is 16.8. The van der Waals surface area contributed by atoms with Crippen molar-refractivity contribution in [2.75, 3.05) is 44.5 Å². The van der Waals surface area contributed by atoms with Crippen LogP contribution in [-0.4, -0.2) is 86.7 Å². The van der Waals surface area contributed by atoms with E-state index in [-0.39, 0.29) is 37.2 Å². The number of carbonyl (C=O) groups is 2. The molecule has 0 saturated heterocycles. The molecule has 1 unspecified atom stereocenters. The summed E-state index contributed by atoms with van der Waals surface area (Å²) in [6.07, 6.45) is 4.30. The molecule has 4 heterocycles. The highest BCUT2D eigenvalue weighted by Gasteiger charge is 2.34. The predicted octanol–water partition coefficient (Wildman–Crippen LogP) is 4.80. The summed E-state index contributed by atoms with van der Waals surface area (Å²) in [5, 5.41) is 15.8. The lowest BCUT2D eigenvalue weighted by Crippen LogP contribution is -2.39. The molecule has 13 nitrogen and oxygen atoms in total. The van der Waals surface area contributed by atoms with Crippen LogP contribution in [0.2, 0.25) is 5.02 Å². The van der Waals surface area contributed by atoms with E-state index in [1.54, 1.807) is 36.3 Å². The number of aromatic nitrogens is 3. The predicted molar refractivity (Wildman–Crippen MR) is 196 cm³/mol. The average molecular weight is 744 g/mol. The van der Waals surface area contributed by atoms with Crippen LogP contribution >= 0.6 is 11.6 Å². The van der Waals surface area contributed by atoms with Gasteiger partial charge in [0.25, 0.3) is 17.7 Å². The van der Waals surface area contributed by atoms with E-state index in [1.807, 2.05) is 37.7 Å². The molecule has 276 valence electrons. The Bertz CT molecular complexity index is 2150. The first-order chi connectivity index (χ1) is 25.4. The summed E-state index contributed by atoms with van der Waals surface area (Å²) in [5.41, 5.74) is 4.02. The van der Waals surface area contributed by atoms with Gasteiger partial charge in [0.15, 0.2) is 17.4 Å². The molecule has 6 rings (SSSR count). The monoisotopic (exact) mass is 743 g/mol. The largest absolute Gasteiger partial charge is 0.440 e. The van der Waals surface area contributed by atoms with Gasteiger partial charge in [-0.1, -0.05) is 35.9 Å². The van der Waals surface area contributed by atoms with Crippen molar-refractivity contribution in [3.8, 4) is 11.1 Å². The van der Waals surface area contributed by atoms with Crippen molar-refractivity contribution < 1.29 is 33.4 Å². The summed E-state index contributed by atoms with van der Waals surface area (Å²) in [5.74, 6) is 0.843. The number of carbonyl (C=O) groups excluding carboxylic acids is 3. The third-order valence-electron chi connectivity index (χ3n) is 9.38. The Labute approximate surface area is 310 Å². The lowest BCUT2D eigenvalue weighted by atomic mass is 9.98. The fourth-order valence-corrected chi connectivity index (χ4v) is 6.74. The number of amides is 2. The number of hydrogen-bond acceptors (Lipinski definition) is 10. The van der Waals surface area contributed by atoms with Crippen molar-refractivity contribution in [3.05, 3.63) is 112 Å². The summed E-state index contributed by atoms with van der Waals surface area (Å²) in [7, 11) is 5.36. The molecule has 0 radical (unpaired) electrons. The lowest BCUT2D eigenvalue weighted by Gasteiger charge is -2.28.